The summed E-state index contributed by atoms with van der Waals surface area (Å²) in [4.78, 5) is 17.4. The Bertz CT molecular complexity index is 1530. The molecule has 5 heterocycles. The third kappa shape index (κ3) is 2.52. The molecule has 0 unspecified atom stereocenters. The van der Waals surface area contributed by atoms with Crippen molar-refractivity contribution in [3.8, 4) is 28.5 Å². The summed E-state index contributed by atoms with van der Waals surface area (Å²) in [5, 5.41) is 11.8. The van der Waals surface area contributed by atoms with Crippen molar-refractivity contribution in [3.63, 3.8) is 0 Å². The molecular formula is C21H17N9. The quantitative estimate of drug-likeness (QED) is 0.478. The summed E-state index contributed by atoms with van der Waals surface area (Å²) in [6.07, 6.45) is 7.52. The van der Waals surface area contributed by atoms with Gasteiger partial charge in [0.15, 0.2) is 11.5 Å². The van der Waals surface area contributed by atoms with E-state index in [0.29, 0.717) is 11.5 Å². The van der Waals surface area contributed by atoms with E-state index in [0.717, 1.165) is 44.7 Å². The molecule has 146 valence electrons. The summed E-state index contributed by atoms with van der Waals surface area (Å²) in [6, 6.07) is 9.96. The van der Waals surface area contributed by atoms with Crippen molar-refractivity contribution in [1.29, 1.82) is 0 Å². The van der Waals surface area contributed by atoms with Crippen molar-refractivity contribution in [2.24, 2.45) is 7.05 Å². The maximum Gasteiger partial charge on any atom is 0.161 e. The molecule has 9 nitrogen and oxygen atoms in total. The van der Waals surface area contributed by atoms with Crippen LogP contribution in [0.1, 0.15) is 5.69 Å². The fourth-order valence-corrected chi connectivity index (χ4v) is 3.67. The van der Waals surface area contributed by atoms with Gasteiger partial charge in [-0.15, -0.1) is 0 Å². The van der Waals surface area contributed by atoms with E-state index in [4.69, 9.17) is 9.97 Å². The minimum absolute atomic E-state index is 0.663. The Morgan fingerprint density at radius 3 is 2.70 bits per heavy atom. The number of fused-ring (bicyclic) bond motifs is 2. The molecule has 0 amide bonds. The first kappa shape index (κ1) is 16.7. The number of aromatic nitrogens is 9. The van der Waals surface area contributed by atoms with Gasteiger partial charge in [-0.1, -0.05) is 6.07 Å². The molecule has 0 aliphatic rings. The van der Waals surface area contributed by atoms with E-state index >= 15 is 0 Å². The van der Waals surface area contributed by atoms with Crippen molar-refractivity contribution in [3.05, 3.63) is 60.9 Å². The lowest BCUT2D eigenvalue weighted by molar-refractivity contribution is 0.768. The van der Waals surface area contributed by atoms with Crippen molar-refractivity contribution >= 4 is 22.1 Å². The van der Waals surface area contributed by atoms with Crippen LogP contribution in [0.5, 0.6) is 0 Å². The normalized spacial score (nSPS) is 11.7. The van der Waals surface area contributed by atoms with Crippen LogP contribution >= 0.6 is 0 Å². The number of H-pyrrole nitrogens is 2. The fraction of sp³-hybridized carbons (Fsp3) is 0.0952. The average Bonchev–Trinajstić information content (AvgIpc) is 3.52. The van der Waals surface area contributed by atoms with Gasteiger partial charge >= 0.3 is 0 Å². The fourth-order valence-electron chi connectivity index (χ4n) is 3.67. The second kappa shape index (κ2) is 6.11. The maximum absolute atomic E-state index is 4.85. The number of hydrogen-bond donors (Lipinski definition) is 2. The van der Waals surface area contributed by atoms with Crippen molar-refractivity contribution < 1.29 is 0 Å². The molecule has 0 aliphatic carbocycles. The molecule has 1 aromatic carbocycles. The maximum atomic E-state index is 4.85. The number of hydrogen-bond acceptors (Lipinski definition) is 5. The first-order valence-corrected chi connectivity index (χ1v) is 9.50. The zero-order valence-corrected chi connectivity index (χ0v) is 16.3. The van der Waals surface area contributed by atoms with Crippen LogP contribution in [0, 0.1) is 6.92 Å². The first-order chi connectivity index (χ1) is 14.7. The Labute approximate surface area is 170 Å². The number of benzene rings is 1. The highest BCUT2D eigenvalue weighted by Crippen LogP contribution is 2.29. The zero-order chi connectivity index (χ0) is 20.2. The van der Waals surface area contributed by atoms with Crippen LogP contribution in [-0.2, 0) is 7.05 Å². The van der Waals surface area contributed by atoms with E-state index < -0.39 is 0 Å². The van der Waals surface area contributed by atoms with Gasteiger partial charge in [0.1, 0.15) is 11.0 Å². The molecule has 0 fully saturated rings. The number of para-hydroxylation sites is 1. The molecule has 0 aliphatic heterocycles. The van der Waals surface area contributed by atoms with Gasteiger partial charge in [0.25, 0.3) is 0 Å². The Balaban J connectivity index is 1.52. The summed E-state index contributed by atoms with van der Waals surface area (Å²) < 4.78 is 3.74. The van der Waals surface area contributed by atoms with Crippen LogP contribution in [0.3, 0.4) is 0 Å². The van der Waals surface area contributed by atoms with Crippen LogP contribution in [-0.4, -0.2) is 44.5 Å². The number of rotatable bonds is 3. The number of aryl methyl sites for hydroxylation is 2. The van der Waals surface area contributed by atoms with Gasteiger partial charge in [0.05, 0.1) is 40.6 Å². The Kier molecular flexibility index (Phi) is 3.40. The van der Waals surface area contributed by atoms with E-state index in [1.807, 2.05) is 61.3 Å². The molecule has 5 aromatic heterocycles. The van der Waals surface area contributed by atoms with E-state index in [-0.39, 0.29) is 0 Å². The standard InChI is InChI=1S/C21H17N9/c1-12-9-30(11-22-12)17-5-3-4-15-18(17)26-21(25-15)20-19-16(27-28-20)7-6-14(24-19)13-8-23-29(2)10-13/h3-11H,1-2H3,(H,25,26)(H,27,28). The van der Waals surface area contributed by atoms with Gasteiger partial charge in [0.2, 0.25) is 0 Å². The highest BCUT2D eigenvalue weighted by molar-refractivity contribution is 5.93. The largest absolute Gasteiger partial charge is 0.336 e. The highest BCUT2D eigenvalue weighted by atomic mass is 15.2. The highest BCUT2D eigenvalue weighted by Gasteiger charge is 2.17. The summed E-state index contributed by atoms with van der Waals surface area (Å²) in [5.41, 5.74) is 7.77. The number of nitrogens with one attached hydrogen (secondary N) is 2. The van der Waals surface area contributed by atoms with Gasteiger partial charge in [-0.05, 0) is 31.2 Å². The lowest BCUT2D eigenvalue weighted by atomic mass is 10.2. The van der Waals surface area contributed by atoms with E-state index in [1.165, 1.54) is 0 Å². The molecule has 9 heteroatoms. The van der Waals surface area contributed by atoms with Gasteiger partial charge in [-0.2, -0.15) is 10.2 Å². The predicted molar refractivity (Wildman–Crippen MR) is 113 cm³/mol. The van der Waals surface area contributed by atoms with Gasteiger partial charge in [0, 0.05) is 25.0 Å². The molecular weight excluding hydrogens is 378 g/mol. The zero-order valence-electron chi connectivity index (χ0n) is 16.3. The summed E-state index contributed by atoms with van der Waals surface area (Å²) in [7, 11) is 1.89. The smallest absolute Gasteiger partial charge is 0.161 e. The van der Waals surface area contributed by atoms with Gasteiger partial charge in [-0.25, -0.2) is 15.0 Å². The number of nitrogens with zero attached hydrogens (tertiary/aromatic N) is 7. The summed E-state index contributed by atoms with van der Waals surface area (Å²) in [5.74, 6) is 0.663. The monoisotopic (exact) mass is 395 g/mol. The molecule has 0 atom stereocenters. The summed E-state index contributed by atoms with van der Waals surface area (Å²) in [6.45, 7) is 1.97. The first-order valence-electron chi connectivity index (χ1n) is 9.50. The van der Waals surface area contributed by atoms with Gasteiger partial charge in [-0.3, -0.25) is 9.78 Å². The van der Waals surface area contributed by atoms with E-state index in [1.54, 1.807) is 17.2 Å². The summed E-state index contributed by atoms with van der Waals surface area (Å²) >= 11 is 0. The second-order valence-electron chi connectivity index (χ2n) is 7.25. The van der Waals surface area contributed by atoms with Gasteiger partial charge < -0.3 is 9.55 Å². The van der Waals surface area contributed by atoms with Crippen molar-refractivity contribution in [2.45, 2.75) is 6.92 Å². The van der Waals surface area contributed by atoms with Crippen molar-refractivity contribution in [1.82, 2.24) is 44.5 Å². The minimum atomic E-state index is 0.663. The molecule has 0 saturated heterocycles. The number of imidazole rings is 2. The van der Waals surface area contributed by atoms with E-state index in [9.17, 15) is 0 Å². The molecule has 0 spiro atoms. The second-order valence-corrected chi connectivity index (χ2v) is 7.25. The van der Waals surface area contributed by atoms with Crippen molar-refractivity contribution in [2.75, 3.05) is 0 Å². The van der Waals surface area contributed by atoms with Crippen LogP contribution < -0.4 is 0 Å². The molecule has 6 rings (SSSR count). The molecule has 0 bridgehead atoms. The lowest BCUT2D eigenvalue weighted by Gasteiger charge is -2.01. The average molecular weight is 395 g/mol. The third-order valence-corrected chi connectivity index (χ3v) is 5.11. The molecule has 2 N–H and O–H groups in total. The minimum Gasteiger partial charge on any atom is -0.336 e. The SMILES string of the molecule is Cc1cn(-c2cccc3[nH]c(-c4n[nH]c5ccc(-c6cnn(C)c6)nc45)nc23)cn1. The predicted octanol–water partition coefficient (Wildman–Crippen LogP) is 3.40. The third-order valence-electron chi connectivity index (χ3n) is 5.11. The molecule has 0 saturated carbocycles. The number of aromatic amines is 2. The Morgan fingerprint density at radius 2 is 1.90 bits per heavy atom. The van der Waals surface area contributed by atoms with E-state index in [2.05, 4.69) is 25.3 Å². The lowest BCUT2D eigenvalue weighted by Crippen LogP contribution is -1.91. The molecule has 30 heavy (non-hydrogen) atoms. The molecule has 6 aromatic rings. The van der Waals surface area contributed by atoms with Crippen LogP contribution in [0.2, 0.25) is 0 Å². The van der Waals surface area contributed by atoms with Crippen LogP contribution in [0.25, 0.3) is 50.5 Å². The Hall–Kier alpha value is -4.27. The Morgan fingerprint density at radius 1 is 0.967 bits per heavy atom. The van der Waals surface area contributed by atoms with Crippen LogP contribution in [0.4, 0.5) is 0 Å². The molecule has 0 radical (unpaired) electrons. The number of pyridine rings is 1. The van der Waals surface area contributed by atoms with Crippen LogP contribution in [0.15, 0.2) is 55.2 Å². The topological polar surface area (TPSA) is 106 Å².